The highest BCUT2D eigenvalue weighted by atomic mass is 79.9. The molecule has 138 valence electrons. The molecule has 3 rings (SSSR count). The molecule has 0 spiro atoms. The van der Waals surface area contributed by atoms with E-state index in [1.807, 2.05) is 0 Å². The molecule has 27 heavy (non-hydrogen) atoms. The molecule has 1 amide bonds. The molecule has 0 aliphatic rings. The molecule has 3 aromatic rings. The molecule has 0 aliphatic carbocycles. The van der Waals surface area contributed by atoms with E-state index >= 15 is 0 Å². The van der Waals surface area contributed by atoms with E-state index in [9.17, 15) is 18.8 Å². The van der Waals surface area contributed by atoms with E-state index in [-0.39, 0.29) is 30.0 Å². The minimum absolute atomic E-state index is 0.0889. The van der Waals surface area contributed by atoms with Gasteiger partial charge in [-0.25, -0.2) is 9.18 Å². The zero-order valence-electron chi connectivity index (χ0n) is 13.9. The lowest BCUT2D eigenvalue weighted by Crippen LogP contribution is -2.25. The van der Waals surface area contributed by atoms with E-state index in [4.69, 9.17) is 5.11 Å². The lowest BCUT2D eigenvalue weighted by Gasteiger charge is -2.10. The number of carboxylic acids is 1. The number of halogens is 2. The Morgan fingerprint density at radius 2 is 1.89 bits per heavy atom. The number of aromatic nitrogens is 1. The van der Waals surface area contributed by atoms with Gasteiger partial charge in [-0.05, 0) is 35.4 Å². The van der Waals surface area contributed by atoms with Crippen LogP contribution in [0.25, 0.3) is 10.9 Å². The number of hydrogen-bond donors (Lipinski definition) is 3. The Hall–Kier alpha value is -3.00. The molecule has 0 atom stereocenters. The van der Waals surface area contributed by atoms with Gasteiger partial charge < -0.3 is 15.4 Å². The molecule has 3 N–H and O–H groups in total. The van der Waals surface area contributed by atoms with Gasteiger partial charge in [0.15, 0.2) is 0 Å². The molecular weight excluding hydrogens is 419 g/mol. The van der Waals surface area contributed by atoms with Crippen molar-refractivity contribution in [3.05, 3.63) is 79.8 Å². The van der Waals surface area contributed by atoms with Crippen LogP contribution in [-0.2, 0) is 17.8 Å². The van der Waals surface area contributed by atoms with Crippen LogP contribution < -0.4 is 10.9 Å². The van der Waals surface area contributed by atoms with Gasteiger partial charge in [-0.3, -0.25) is 9.59 Å². The van der Waals surface area contributed by atoms with Crippen molar-refractivity contribution in [1.29, 1.82) is 0 Å². The third-order valence-electron chi connectivity index (χ3n) is 4.01. The van der Waals surface area contributed by atoms with Crippen molar-refractivity contribution in [2.75, 3.05) is 0 Å². The minimum atomic E-state index is -1.32. The van der Waals surface area contributed by atoms with E-state index in [0.29, 0.717) is 20.9 Å². The largest absolute Gasteiger partial charge is 0.477 e. The van der Waals surface area contributed by atoms with Crippen molar-refractivity contribution in [3.63, 3.8) is 0 Å². The summed E-state index contributed by atoms with van der Waals surface area (Å²) in [6.45, 7) is 0.0889. The maximum Gasteiger partial charge on any atom is 0.341 e. The molecule has 6 nitrogen and oxygen atoms in total. The third-order valence-corrected chi connectivity index (χ3v) is 4.47. The summed E-state index contributed by atoms with van der Waals surface area (Å²) in [7, 11) is 0. The second-order valence-corrected chi connectivity index (χ2v) is 6.81. The van der Waals surface area contributed by atoms with Crippen LogP contribution in [0.5, 0.6) is 0 Å². The average molecular weight is 433 g/mol. The maximum absolute atomic E-state index is 13.6. The van der Waals surface area contributed by atoms with E-state index < -0.39 is 17.3 Å². The first-order valence-electron chi connectivity index (χ1n) is 7.94. The van der Waals surface area contributed by atoms with Gasteiger partial charge >= 0.3 is 5.97 Å². The van der Waals surface area contributed by atoms with E-state index in [1.165, 1.54) is 18.2 Å². The van der Waals surface area contributed by atoms with Crippen LogP contribution in [0.15, 0.2) is 51.7 Å². The zero-order chi connectivity index (χ0) is 19.6. The van der Waals surface area contributed by atoms with Crippen LogP contribution in [0.3, 0.4) is 0 Å². The number of aromatic amines is 1. The smallest absolute Gasteiger partial charge is 0.341 e. The molecule has 2 aromatic carbocycles. The summed E-state index contributed by atoms with van der Waals surface area (Å²) in [5, 5.41) is 12.3. The predicted octanol–water partition coefficient (Wildman–Crippen LogP) is 2.99. The number of hydrogen-bond acceptors (Lipinski definition) is 3. The Morgan fingerprint density at radius 1 is 1.15 bits per heavy atom. The molecule has 8 heteroatoms. The minimum Gasteiger partial charge on any atom is -0.477 e. The topological polar surface area (TPSA) is 99.3 Å². The molecule has 0 unspecified atom stereocenters. The number of carboxylic acid groups (broad SMARTS) is 1. The average Bonchev–Trinajstić information content (AvgIpc) is 2.61. The van der Waals surface area contributed by atoms with Crippen molar-refractivity contribution in [2.45, 2.75) is 13.0 Å². The summed E-state index contributed by atoms with van der Waals surface area (Å²) < 4.78 is 14.3. The van der Waals surface area contributed by atoms with Gasteiger partial charge in [0, 0.05) is 16.4 Å². The fourth-order valence-corrected chi connectivity index (χ4v) is 3.25. The number of carbonyl (C=O) groups is 2. The number of fused-ring (bicyclic) bond motifs is 1. The van der Waals surface area contributed by atoms with E-state index in [1.54, 1.807) is 24.3 Å². The SMILES string of the molecule is O=C(Cc1ccccc1F)NCc1cc(Br)cc2cc(C(=O)O)c(=O)[nH]c12. The van der Waals surface area contributed by atoms with Crippen LogP contribution in [0.2, 0.25) is 0 Å². The van der Waals surface area contributed by atoms with Crippen LogP contribution >= 0.6 is 15.9 Å². The molecule has 0 fully saturated rings. The first-order chi connectivity index (χ1) is 12.8. The van der Waals surface area contributed by atoms with Crippen molar-refractivity contribution in [1.82, 2.24) is 10.3 Å². The lowest BCUT2D eigenvalue weighted by molar-refractivity contribution is -0.120. The molecule has 0 bridgehead atoms. The number of amides is 1. The van der Waals surface area contributed by atoms with Crippen LogP contribution in [0, 0.1) is 5.82 Å². The van der Waals surface area contributed by atoms with Gasteiger partial charge in [0.05, 0.1) is 11.9 Å². The summed E-state index contributed by atoms with van der Waals surface area (Å²) >= 11 is 3.33. The maximum atomic E-state index is 13.6. The van der Waals surface area contributed by atoms with E-state index in [0.717, 1.165) is 0 Å². The van der Waals surface area contributed by atoms with Gasteiger partial charge in [0.2, 0.25) is 5.91 Å². The van der Waals surface area contributed by atoms with Crippen molar-refractivity contribution < 1.29 is 19.1 Å². The highest BCUT2D eigenvalue weighted by Gasteiger charge is 2.14. The van der Waals surface area contributed by atoms with Gasteiger partial charge in [0.1, 0.15) is 11.4 Å². The summed E-state index contributed by atoms with van der Waals surface area (Å²) in [6, 6.07) is 10.7. The van der Waals surface area contributed by atoms with Crippen LogP contribution in [-0.4, -0.2) is 22.0 Å². The second kappa shape index (κ2) is 7.71. The normalized spacial score (nSPS) is 10.7. The highest BCUT2D eigenvalue weighted by molar-refractivity contribution is 9.10. The Labute approximate surface area is 161 Å². The molecule has 0 radical (unpaired) electrons. The number of H-pyrrole nitrogens is 1. The van der Waals surface area contributed by atoms with Gasteiger partial charge in [0.25, 0.3) is 5.56 Å². The third kappa shape index (κ3) is 4.22. The first-order valence-corrected chi connectivity index (χ1v) is 8.73. The monoisotopic (exact) mass is 432 g/mol. The quantitative estimate of drug-likeness (QED) is 0.576. The summed E-state index contributed by atoms with van der Waals surface area (Å²) in [5.41, 5.74) is 0.217. The van der Waals surface area contributed by atoms with E-state index in [2.05, 4.69) is 26.2 Å². The Bertz CT molecular complexity index is 1110. The van der Waals surface area contributed by atoms with Crippen molar-refractivity contribution in [3.8, 4) is 0 Å². The van der Waals surface area contributed by atoms with Gasteiger partial charge in [-0.1, -0.05) is 34.1 Å². The molecular formula is C19H14BrFN2O4. The lowest BCUT2D eigenvalue weighted by atomic mass is 10.1. The molecule has 0 aliphatic heterocycles. The van der Waals surface area contributed by atoms with Gasteiger partial charge in [-0.15, -0.1) is 0 Å². The Balaban J connectivity index is 1.85. The Kier molecular flexibility index (Phi) is 5.36. The molecule has 1 heterocycles. The number of pyridine rings is 1. The molecule has 1 aromatic heterocycles. The number of aromatic carboxylic acids is 1. The van der Waals surface area contributed by atoms with Crippen molar-refractivity contribution >= 4 is 38.7 Å². The summed E-state index contributed by atoms with van der Waals surface area (Å²) in [4.78, 5) is 37.8. The fourth-order valence-electron chi connectivity index (χ4n) is 2.72. The summed E-state index contributed by atoms with van der Waals surface area (Å²) in [6.07, 6.45) is -0.113. The number of rotatable bonds is 5. The Morgan fingerprint density at radius 3 is 2.59 bits per heavy atom. The first kappa shape index (κ1) is 18.8. The number of nitrogens with one attached hydrogen (secondary N) is 2. The number of benzene rings is 2. The highest BCUT2D eigenvalue weighted by Crippen LogP contribution is 2.23. The second-order valence-electron chi connectivity index (χ2n) is 5.89. The fraction of sp³-hybridized carbons (Fsp3) is 0.105. The van der Waals surface area contributed by atoms with Crippen LogP contribution in [0.1, 0.15) is 21.5 Å². The van der Waals surface area contributed by atoms with Crippen LogP contribution in [0.4, 0.5) is 4.39 Å². The molecule has 0 saturated carbocycles. The summed E-state index contributed by atoms with van der Waals surface area (Å²) in [5.74, 6) is -2.15. The zero-order valence-corrected chi connectivity index (χ0v) is 15.5. The predicted molar refractivity (Wildman–Crippen MR) is 101 cm³/mol. The standard InChI is InChI=1S/C19H14BrFN2O4/c20-13-5-11-7-14(19(26)27)18(25)23-17(11)12(6-13)9-22-16(24)8-10-3-1-2-4-15(10)21/h1-7H,8-9H2,(H,22,24)(H,23,25)(H,26,27). The number of carbonyl (C=O) groups excluding carboxylic acids is 1. The molecule has 0 saturated heterocycles. The van der Waals surface area contributed by atoms with Gasteiger partial charge in [-0.2, -0.15) is 0 Å². The van der Waals surface area contributed by atoms with Crippen molar-refractivity contribution in [2.24, 2.45) is 0 Å².